The van der Waals surface area contributed by atoms with Crippen LogP contribution < -0.4 is 5.32 Å². The molecule has 1 N–H and O–H groups in total. The predicted octanol–water partition coefficient (Wildman–Crippen LogP) is 2.29. The van der Waals surface area contributed by atoms with Crippen molar-refractivity contribution >= 4 is 17.5 Å². The lowest BCUT2D eigenvalue weighted by Gasteiger charge is -2.31. The van der Waals surface area contributed by atoms with Gasteiger partial charge in [-0.2, -0.15) is 0 Å². The molecule has 1 aromatic carbocycles. The third kappa shape index (κ3) is 4.29. The Morgan fingerprint density at radius 3 is 2.67 bits per heavy atom. The van der Waals surface area contributed by atoms with E-state index in [1.807, 2.05) is 13.8 Å². The molecular weight excluding hydrogens is 268 g/mol. The first-order valence-corrected chi connectivity index (χ1v) is 7.41. The van der Waals surface area contributed by atoms with Gasteiger partial charge in [0.2, 0.25) is 5.91 Å². The summed E-state index contributed by atoms with van der Waals surface area (Å²) in [5.74, 6) is 0.00941. The third-order valence-corrected chi connectivity index (χ3v) is 3.42. The topological polar surface area (TPSA) is 58.6 Å². The van der Waals surface area contributed by atoms with Crippen LogP contribution in [0.5, 0.6) is 0 Å². The summed E-state index contributed by atoms with van der Waals surface area (Å²) in [4.78, 5) is 25.7. The molecule has 1 unspecified atom stereocenters. The summed E-state index contributed by atoms with van der Waals surface area (Å²) in [6.45, 7) is 5.75. The zero-order chi connectivity index (χ0) is 15.2. The molecule has 1 aliphatic heterocycles. The van der Waals surface area contributed by atoms with E-state index in [9.17, 15) is 9.59 Å². The summed E-state index contributed by atoms with van der Waals surface area (Å²) in [6, 6.07) is 7.05. The number of nitrogens with one attached hydrogen (secondary N) is 1. The average molecular weight is 290 g/mol. The van der Waals surface area contributed by atoms with Gasteiger partial charge in [0, 0.05) is 30.8 Å². The molecule has 1 saturated heterocycles. The Morgan fingerprint density at radius 2 is 2.05 bits per heavy atom. The highest BCUT2D eigenvalue weighted by molar-refractivity contribution is 5.95. The molecule has 1 heterocycles. The molecular formula is C16H22N2O3. The number of anilines is 1. The van der Waals surface area contributed by atoms with Gasteiger partial charge in [-0.15, -0.1) is 0 Å². The molecule has 0 spiro atoms. The quantitative estimate of drug-likeness (QED) is 0.925. The van der Waals surface area contributed by atoms with Crippen molar-refractivity contribution in [1.29, 1.82) is 0 Å². The van der Waals surface area contributed by atoms with Crippen molar-refractivity contribution in [2.75, 3.05) is 25.0 Å². The van der Waals surface area contributed by atoms with Gasteiger partial charge < -0.3 is 15.0 Å². The number of benzene rings is 1. The van der Waals surface area contributed by atoms with Crippen molar-refractivity contribution in [2.24, 2.45) is 0 Å². The summed E-state index contributed by atoms with van der Waals surface area (Å²) in [7, 11) is 0. The molecule has 1 aliphatic rings. The van der Waals surface area contributed by atoms with Gasteiger partial charge in [0.25, 0.3) is 5.91 Å². The van der Waals surface area contributed by atoms with E-state index in [0.29, 0.717) is 31.7 Å². The summed E-state index contributed by atoms with van der Waals surface area (Å²) in [5, 5.41) is 2.81. The fraction of sp³-hybridized carbons (Fsp3) is 0.500. The first-order valence-electron chi connectivity index (χ1n) is 7.41. The third-order valence-electron chi connectivity index (χ3n) is 3.42. The fourth-order valence-corrected chi connectivity index (χ4v) is 2.33. The highest BCUT2D eigenvalue weighted by Crippen LogP contribution is 2.14. The summed E-state index contributed by atoms with van der Waals surface area (Å²) >= 11 is 0. The normalized spacial score (nSPS) is 18.4. The van der Waals surface area contributed by atoms with Crippen molar-refractivity contribution in [3.05, 3.63) is 29.8 Å². The Balaban J connectivity index is 1.98. The number of rotatable bonds is 4. The maximum Gasteiger partial charge on any atom is 0.254 e. The van der Waals surface area contributed by atoms with Crippen molar-refractivity contribution in [2.45, 2.75) is 32.8 Å². The van der Waals surface area contributed by atoms with E-state index in [-0.39, 0.29) is 17.9 Å². The molecule has 2 amide bonds. The number of amides is 2. The van der Waals surface area contributed by atoms with E-state index in [0.717, 1.165) is 12.1 Å². The average Bonchev–Trinajstić information content (AvgIpc) is 2.47. The van der Waals surface area contributed by atoms with Crippen LogP contribution in [0.1, 0.15) is 37.0 Å². The molecule has 0 saturated carbocycles. The number of morpholine rings is 1. The van der Waals surface area contributed by atoms with Crippen LogP contribution in [-0.2, 0) is 9.53 Å². The Labute approximate surface area is 125 Å². The second-order valence-corrected chi connectivity index (χ2v) is 5.31. The number of carbonyl (C=O) groups excluding carboxylic acids is 2. The number of hydrogen-bond acceptors (Lipinski definition) is 3. The zero-order valence-corrected chi connectivity index (χ0v) is 12.6. The molecule has 1 aromatic rings. The van der Waals surface area contributed by atoms with Gasteiger partial charge in [0.15, 0.2) is 0 Å². The van der Waals surface area contributed by atoms with E-state index in [4.69, 9.17) is 4.74 Å². The van der Waals surface area contributed by atoms with Crippen LogP contribution in [-0.4, -0.2) is 42.5 Å². The van der Waals surface area contributed by atoms with Crippen LogP contribution in [0.25, 0.3) is 0 Å². The highest BCUT2D eigenvalue weighted by Gasteiger charge is 2.22. The molecule has 0 radical (unpaired) electrons. The van der Waals surface area contributed by atoms with Gasteiger partial charge >= 0.3 is 0 Å². The molecule has 0 aromatic heterocycles. The van der Waals surface area contributed by atoms with Crippen molar-refractivity contribution in [3.8, 4) is 0 Å². The summed E-state index contributed by atoms with van der Waals surface area (Å²) in [6.07, 6.45) is 1.40. The molecule has 21 heavy (non-hydrogen) atoms. The lowest BCUT2D eigenvalue weighted by atomic mass is 10.1. The molecule has 5 nitrogen and oxygen atoms in total. The maximum atomic E-state index is 12.4. The van der Waals surface area contributed by atoms with Gasteiger partial charge in [-0.05, 0) is 37.6 Å². The molecule has 0 aliphatic carbocycles. The monoisotopic (exact) mass is 290 g/mol. The molecule has 114 valence electrons. The van der Waals surface area contributed by atoms with Crippen LogP contribution in [0.4, 0.5) is 5.69 Å². The molecule has 2 rings (SSSR count). The first kappa shape index (κ1) is 15.5. The van der Waals surface area contributed by atoms with Gasteiger partial charge in [-0.25, -0.2) is 0 Å². The molecule has 0 bridgehead atoms. The first-order chi connectivity index (χ1) is 10.1. The lowest BCUT2D eigenvalue weighted by Crippen LogP contribution is -2.44. The lowest BCUT2D eigenvalue weighted by molar-refractivity contribution is -0.116. The number of nitrogens with zero attached hydrogens (tertiary/aromatic N) is 1. The minimum atomic E-state index is -0.00131. The zero-order valence-electron chi connectivity index (χ0n) is 12.6. The Hall–Kier alpha value is -1.88. The van der Waals surface area contributed by atoms with E-state index >= 15 is 0 Å². The van der Waals surface area contributed by atoms with Crippen molar-refractivity contribution < 1.29 is 14.3 Å². The Bertz CT molecular complexity index is 499. The summed E-state index contributed by atoms with van der Waals surface area (Å²) in [5.41, 5.74) is 1.36. The summed E-state index contributed by atoms with van der Waals surface area (Å²) < 4.78 is 5.44. The number of carbonyl (C=O) groups is 2. The van der Waals surface area contributed by atoms with Crippen LogP contribution in [0.15, 0.2) is 24.3 Å². The van der Waals surface area contributed by atoms with E-state index in [2.05, 4.69) is 5.32 Å². The van der Waals surface area contributed by atoms with Crippen LogP contribution in [0, 0.1) is 0 Å². The fourth-order valence-electron chi connectivity index (χ4n) is 2.33. The Morgan fingerprint density at radius 1 is 1.33 bits per heavy atom. The van der Waals surface area contributed by atoms with Gasteiger partial charge in [0.05, 0.1) is 12.7 Å². The molecule has 5 heteroatoms. The smallest absolute Gasteiger partial charge is 0.254 e. The van der Waals surface area contributed by atoms with Crippen LogP contribution >= 0.6 is 0 Å². The number of ether oxygens (including phenoxy) is 1. The van der Waals surface area contributed by atoms with Crippen molar-refractivity contribution in [3.63, 3.8) is 0 Å². The van der Waals surface area contributed by atoms with Crippen LogP contribution in [0.2, 0.25) is 0 Å². The minimum absolute atomic E-state index is 0.00131. The maximum absolute atomic E-state index is 12.4. The SMILES string of the molecule is CCCC(=O)Nc1ccc(C(=O)N2CCOC(C)C2)cc1. The molecule has 1 atom stereocenters. The highest BCUT2D eigenvalue weighted by atomic mass is 16.5. The van der Waals surface area contributed by atoms with E-state index in [1.165, 1.54) is 0 Å². The van der Waals surface area contributed by atoms with E-state index < -0.39 is 0 Å². The predicted molar refractivity (Wildman–Crippen MR) is 81.3 cm³/mol. The van der Waals surface area contributed by atoms with Gasteiger partial charge in [0.1, 0.15) is 0 Å². The molecule has 1 fully saturated rings. The van der Waals surface area contributed by atoms with Gasteiger partial charge in [-0.1, -0.05) is 6.92 Å². The standard InChI is InChI=1S/C16H22N2O3/c1-3-4-15(19)17-14-7-5-13(6-8-14)16(20)18-9-10-21-12(2)11-18/h5-8,12H,3-4,9-11H2,1-2H3,(H,17,19). The van der Waals surface area contributed by atoms with E-state index in [1.54, 1.807) is 29.2 Å². The second-order valence-electron chi connectivity index (χ2n) is 5.31. The number of hydrogen-bond donors (Lipinski definition) is 1. The second kappa shape index (κ2) is 7.22. The van der Waals surface area contributed by atoms with Crippen LogP contribution in [0.3, 0.4) is 0 Å². The largest absolute Gasteiger partial charge is 0.375 e. The van der Waals surface area contributed by atoms with Crippen molar-refractivity contribution in [1.82, 2.24) is 4.90 Å². The van der Waals surface area contributed by atoms with Gasteiger partial charge in [-0.3, -0.25) is 9.59 Å². The minimum Gasteiger partial charge on any atom is -0.375 e. The Kier molecular flexibility index (Phi) is 5.33.